The number of nitrogens with one attached hydrogen (secondary N) is 2. The van der Waals surface area contributed by atoms with Crippen LogP contribution < -0.4 is 10.6 Å². The van der Waals surface area contributed by atoms with Gasteiger partial charge in [-0.15, -0.1) is 0 Å². The highest BCUT2D eigenvalue weighted by Gasteiger charge is 2.30. The molecule has 1 aromatic rings. The summed E-state index contributed by atoms with van der Waals surface area (Å²) in [6, 6.07) is 4.77. The number of carboxylic acid groups (broad SMARTS) is 2. The van der Waals surface area contributed by atoms with Gasteiger partial charge in [-0.3, -0.25) is 14.9 Å². The number of hydrogen-bond donors (Lipinski definition) is 6. The van der Waals surface area contributed by atoms with Gasteiger partial charge in [0.05, 0.1) is 17.5 Å². The number of likely N-dealkylation sites (tertiary alicyclic amines) is 1. The average Bonchev–Trinajstić information content (AvgIpc) is 3.30. The number of nitrogens with zero attached hydrogens (tertiary/aromatic N) is 4. The molecule has 0 radical (unpaired) electrons. The minimum absolute atomic E-state index is 0.0637. The molecule has 1 saturated heterocycles. The van der Waals surface area contributed by atoms with E-state index in [0.29, 0.717) is 18.9 Å². The molecule has 1 aliphatic heterocycles. The molecule has 6 N–H and O–H groups in total. The number of rotatable bonds is 10. The zero-order valence-electron chi connectivity index (χ0n) is 19.1. The first-order chi connectivity index (χ1) is 16.3. The van der Waals surface area contributed by atoms with E-state index in [1.165, 1.54) is 12.3 Å². The minimum atomic E-state index is -2.27. The van der Waals surface area contributed by atoms with Crippen molar-refractivity contribution in [2.45, 2.75) is 50.5 Å². The van der Waals surface area contributed by atoms with E-state index in [2.05, 4.69) is 21.7 Å². The quantitative estimate of drug-likeness (QED) is 0.171. The predicted molar refractivity (Wildman–Crippen MR) is 119 cm³/mol. The largest absolute Gasteiger partial charge is 0.479 e. The molecule has 35 heavy (non-hydrogen) atoms. The number of carbonyl (C=O) groups is 3. The zero-order valence-corrected chi connectivity index (χ0v) is 19.1. The van der Waals surface area contributed by atoms with Gasteiger partial charge in [-0.25, -0.2) is 14.6 Å². The van der Waals surface area contributed by atoms with E-state index in [9.17, 15) is 24.5 Å². The lowest BCUT2D eigenvalue weighted by atomic mass is 10.1. The van der Waals surface area contributed by atoms with E-state index in [1.807, 2.05) is 13.8 Å². The van der Waals surface area contributed by atoms with Crippen molar-refractivity contribution < 1.29 is 39.7 Å². The molecule has 1 amide bonds. The van der Waals surface area contributed by atoms with Crippen LogP contribution in [0.15, 0.2) is 18.3 Å². The van der Waals surface area contributed by atoms with Gasteiger partial charge in [0.2, 0.25) is 5.91 Å². The molecule has 3 atom stereocenters. The first kappa shape index (κ1) is 29.2. The van der Waals surface area contributed by atoms with Gasteiger partial charge < -0.3 is 36.0 Å². The van der Waals surface area contributed by atoms with Crippen LogP contribution in [0.4, 0.5) is 11.5 Å². The van der Waals surface area contributed by atoms with Crippen LogP contribution in [-0.2, 0) is 14.4 Å². The number of carboxylic acids is 2. The number of nitro groups is 1. The number of aliphatic hydroxyl groups excluding tert-OH is 2. The molecular formula is C20H28N6O9. The summed E-state index contributed by atoms with van der Waals surface area (Å²) in [6.07, 6.45) is -1.74. The Labute approximate surface area is 200 Å². The highest BCUT2D eigenvalue weighted by Crippen LogP contribution is 2.17. The first-order valence-corrected chi connectivity index (χ1v) is 10.4. The molecule has 2 rings (SSSR count). The molecule has 1 aromatic heterocycles. The summed E-state index contributed by atoms with van der Waals surface area (Å²) in [6.45, 7) is 5.13. The maximum absolute atomic E-state index is 12.3. The molecule has 0 aliphatic carbocycles. The molecule has 0 bridgehead atoms. The van der Waals surface area contributed by atoms with E-state index in [1.54, 1.807) is 11.0 Å². The number of hydrogen-bond acceptors (Lipinski definition) is 11. The van der Waals surface area contributed by atoms with Gasteiger partial charge in [-0.2, -0.15) is 5.26 Å². The monoisotopic (exact) mass is 496 g/mol. The van der Waals surface area contributed by atoms with E-state index in [4.69, 9.17) is 25.7 Å². The van der Waals surface area contributed by atoms with Crippen molar-refractivity contribution in [3.05, 3.63) is 28.4 Å². The Hall–Kier alpha value is -3.87. The summed E-state index contributed by atoms with van der Waals surface area (Å²) < 4.78 is 0. The fraction of sp³-hybridized carbons (Fsp3) is 0.550. The SMILES string of the molecule is CC(C)(CNc1ccc([N+](=O)[O-])cn1)NCC(=O)N1CCC[C@H]1C#N.O=C(O)C(O)C(O)C(=O)O. The Morgan fingerprint density at radius 1 is 1.29 bits per heavy atom. The van der Waals surface area contributed by atoms with Gasteiger partial charge in [0.15, 0.2) is 12.2 Å². The standard InChI is InChI=1S/C16H22N6O3.C4H6O6/c1-16(2,11-19-14-6-5-13(9-18-14)22(24)25)20-10-15(23)21-7-3-4-12(21)8-17;5-1(3(7)8)2(6)4(9)10/h5-6,9,12,20H,3-4,7,10-11H2,1-2H3,(H,18,19);1-2,5-6H,(H,7,8)(H,9,10)/t12-;/m0./s1. The van der Waals surface area contributed by atoms with E-state index in [-0.39, 0.29) is 24.2 Å². The molecule has 0 aromatic carbocycles. The summed E-state index contributed by atoms with van der Waals surface area (Å²) in [4.78, 5) is 47.5. The summed E-state index contributed by atoms with van der Waals surface area (Å²) in [7, 11) is 0. The van der Waals surface area contributed by atoms with Crippen LogP contribution in [-0.4, -0.2) is 96.5 Å². The third-order valence-electron chi connectivity index (χ3n) is 4.92. The highest BCUT2D eigenvalue weighted by molar-refractivity contribution is 5.83. The van der Waals surface area contributed by atoms with Gasteiger partial charge in [0.1, 0.15) is 18.1 Å². The third-order valence-corrected chi connectivity index (χ3v) is 4.92. The Kier molecular flexibility index (Phi) is 10.9. The highest BCUT2D eigenvalue weighted by atomic mass is 16.6. The van der Waals surface area contributed by atoms with Crippen LogP contribution >= 0.6 is 0 Å². The van der Waals surface area contributed by atoms with Crippen LogP contribution in [0.3, 0.4) is 0 Å². The topological polar surface area (TPSA) is 239 Å². The Morgan fingerprint density at radius 3 is 2.34 bits per heavy atom. The molecule has 192 valence electrons. The molecule has 2 heterocycles. The normalized spacial score (nSPS) is 16.8. The van der Waals surface area contributed by atoms with Crippen molar-refractivity contribution >= 4 is 29.4 Å². The maximum atomic E-state index is 12.3. The second-order valence-corrected chi connectivity index (χ2v) is 8.19. The summed E-state index contributed by atoms with van der Waals surface area (Å²) in [5.41, 5.74) is -0.466. The summed E-state index contributed by atoms with van der Waals surface area (Å²) in [5, 5.41) is 58.5. The predicted octanol–water partition coefficient (Wildman–Crippen LogP) is -0.838. The summed E-state index contributed by atoms with van der Waals surface area (Å²) in [5.74, 6) is -3.09. The number of pyridine rings is 1. The van der Waals surface area contributed by atoms with Crippen molar-refractivity contribution in [2.24, 2.45) is 0 Å². The molecule has 15 heteroatoms. The second-order valence-electron chi connectivity index (χ2n) is 8.19. The van der Waals surface area contributed by atoms with Crippen molar-refractivity contribution in [2.75, 3.05) is 25.0 Å². The molecule has 1 aliphatic rings. The molecule has 1 fully saturated rings. The zero-order chi connectivity index (χ0) is 26.8. The Bertz CT molecular complexity index is 929. The van der Waals surface area contributed by atoms with Gasteiger partial charge in [-0.1, -0.05) is 0 Å². The molecule has 2 unspecified atom stereocenters. The van der Waals surface area contributed by atoms with Crippen LogP contribution in [0, 0.1) is 21.4 Å². The van der Waals surface area contributed by atoms with Crippen LogP contribution in [0.25, 0.3) is 0 Å². The van der Waals surface area contributed by atoms with E-state index < -0.39 is 34.6 Å². The number of aliphatic hydroxyl groups is 2. The number of aliphatic carboxylic acids is 2. The number of aromatic nitrogens is 1. The third kappa shape index (κ3) is 9.49. The van der Waals surface area contributed by atoms with Crippen LogP contribution in [0.1, 0.15) is 26.7 Å². The van der Waals surface area contributed by atoms with Gasteiger partial charge in [-0.05, 0) is 32.8 Å². The Morgan fingerprint density at radius 2 is 1.89 bits per heavy atom. The van der Waals surface area contributed by atoms with Crippen molar-refractivity contribution in [3.8, 4) is 6.07 Å². The van der Waals surface area contributed by atoms with Crippen molar-refractivity contribution in [1.29, 1.82) is 5.26 Å². The summed E-state index contributed by atoms with van der Waals surface area (Å²) >= 11 is 0. The number of carbonyl (C=O) groups excluding carboxylic acids is 1. The minimum Gasteiger partial charge on any atom is -0.479 e. The molecular weight excluding hydrogens is 468 g/mol. The van der Waals surface area contributed by atoms with Crippen LogP contribution in [0.2, 0.25) is 0 Å². The van der Waals surface area contributed by atoms with E-state index >= 15 is 0 Å². The van der Waals surface area contributed by atoms with Crippen molar-refractivity contribution in [3.63, 3.8) is 0 Å². The van der Waals surface area contributed by atoms with Gasteiger partial charge in [0, 0.05) is 24.7 Å². The first-order valence-electron chi connectivity index (χ1n) is 10.4. The number of nitriles is 1. The maximum Gasteiger partial charge on any atom is 0.335 e. The van der Waals surface area contributed by atoms with Gasteiger partial charge >= 0.3 is 11.9 Å². The molecule has 0 spiro atoms. The number of amides is 1. The van der Waals surface area contributed by atoms with E-state index in [0.717, 1.165) is 12.8 Å². The smallest absolute Gasteiger partial charge is 0.335 e. The average molecular weight is 496 g/mol. The van der Waals surface area contributed by atoms with Gasteiger partial charge in [0.25, 0.3) is 5.69 Å². The number of anilines is 1. The lowest BCUT2D eigenvalue weighted by Gasteiger charge is -2.28. The molecule has 15 nitrogen and oxygen atoms in total. The van der Waals surface area contributed by atoms with Crippen LogP contribution in [0.5, 0.6) is 0 Å². The van der Waals surface area contributed by atoms with Crippen molar-refractivity contribution in [1.82, 2.24) is 15.2 Å². The lowest BCUT2D eigenvalue weighted by molar-refractivity contribution is -0.385. The molecule has 0 saturated carbocycles. The fourth-order valence-electron chi connectivity index (χ4n) is 2.86. The lowest BCUT2D eigenvalue weighted by Crippen LogP contribution is -2.50. The fourth-order valence-corrected chi connectivity index (χ4v) is 2.86. The second kappa shape index (κ2) is 13.1. The Balaban J connectivity index is 0.000000518.